The van der Waals surface area contributed by atoms with E-state index in [0.717, 1.165) is 10.0 Å². The van der Waals surface area contributed by atoms with E-state index >= 15 is 0 Å². The van der Waals surface area contributed by atoms with E-state index in [1.165, 1.54) is 6.21 Å². The lowest BCUT2D eigenvalue weighted by Gasteiger charge is -2.26. The lowest BCUT2D eigenvalue weighted by molar-refractivity contribution is -0.136. The van der Waals surface area contributed by atoms with E-state index in [0.29, 0.717) is 27.7 Å². The average molecular weight is 510 g/mol. The molecule has 2 N–H and O–H groups in total. The van der Waals surface area contributed by atoms with E-state index in [4.69, 9.17) is 16.0 Å². The van der Waals surface area contributed by atoms with Gasteiger partial charge in [-0.3, -0.25) is 4.79 Å². The van der Waals surface area contributed by atoms with Crippen molar-refractivity contribution in [2.24, 2.45) is 5.10 Å². The molecule has 4 aromatic rings. The molecule has 0 saturated carbocycles. The predicted octanol–water partition coefficient (Wildman–Crippen LogP) is 5.75. The van der Waals surface area contributed by atoms with Gasteiger partial charge >= 0.3 is 0 Å². The Hall–Kier alpha value is -3.19. The van der Waals surface area contributed by atoms with E-state index in [1.807, 2.05) is 24.3 Å². The predicted molar refractivity (Wildman–Crippen MR) is 128 cm³/mol. The highest BCUT2D eigenvalue weighted by molar-refractivity contribution is 9.10. The maximum Gasteiger partial charge on any atom is 0.281 e. The van der Waals surface area contributed by atoms with Gasteiger partial charge in [0, 0.05) is 10.0 Å². The van der Waals surface area contributed by atoms with Gasteiger partial charge in [0.2, 0.25) is 0 Å². The smallest absolute Gasteiger partial charge is 0.281 e. The van der Waals surface area contributed by atoms with Crippen molar-refractivity contribution in [2.45, 2.75) is 5.60 Å². The first-order chi connectivity index (χ1) is 15.5. The Morgan fingerprint density at radius 2 is 1.59 bits per heavy atom. The molecule has 4 rings (SSSR count). The minimum Gasteiger partial charge on any atom is -0.455 e. The Morgan fingerprint density at radius 1 is 0.969 bits per heavy atom. The second-order valence-electron chi connectivity index (χ2n) is 6.97. The maximum atomic E-state index is 13.0. The number of hydrogen-bond donors (Lipinski definition) is 2. The summed E-state index contributed by atoms with van der Waals surface area (Å²) in [6.07, 6.45) is 1.37. The third kappa shape index (κ3) is 4.53. The number of hydrogen-bond acceptors (Lipinski definition) is 4. The van der Waals surface area contributed by atoms with Crippen LogP contribution in [0.4, 0.5) is 0 Å². The third-order valence-corrected chi connectivity index (χ3v) is 6.13. The molecule has 0 atom stereocenters. The largest absolute Gasteiger partial charge is 0.455 e. The number of hydrazone groups is 1. The average Bonchev–Trinajstić information content (AvgIpc) is 3.30. The van der Waals surface area contributed by atoms with Crippen LogP contribution in [0.1, 0.15) is 16.9 Å². The summed E-state index contributed by atoms with van der Waals surface area (Å²) in [6, 6.07) is 26.5. The van der Waals surface area contributed by atoms with E-state index < -0.39 is 11.5 Å². The van der Waals surface area contributed by atoms with Gasteiger partial charge in [-0.05, 0) is 51.3 Å². The van der Waals surface area contributed by atoms with Crippen LogP contribution in [0.3, 0.4) is 0 Å². The number of rotatable bonds is 6. The zero-order valence-electron chi connectivity index (χ0n) is 16.7. The zero-order valence-corrected chi connectivity index (χ0v) is 19.0. The van der Waals surface area contributed by atoms with E-state index in [-0.39, 0.29) is 0 Å². The van der Waals surface area contributed by atoms with Crippen molar-refractivity contribution >= 4 is 39.7 Å². The molecule has 3 aromatic carbocycles. The SMILES string of the molecule is O=C(NN=Cc1ccc(-c2ccc(Br)c(Cl)c2)o1)C(O)(c1ccccc1)c1ccccc1. The molecule has 0 aliphatic heterocycles. The van der Waals surface area contributed by atoms with Gasteiger partial charge in [-0.25, -0.2) is 5.43 Å². The lowest BCUT2D eigenvalue weighted by Crippen LogP contribution is -2.43. The summed E-state index contributed by atoms with van der Waals surface area (Å²) in [7, 11) is 0. The number of nitrogens with zero attached hydrogens (tertiary/aromatic N) is 1. The first-order valence-corrected chi connectivity index (χ1v) is 10.9. The number of nitrogens with one attached hydrogen (secondary N) is 1. The molecule has 0 aliphatic rings. The summed E-state index contributed by atoms with van der Waals surface area (Å²) in [6.45, 7) is 0. The molecule has 0 fully saturated rings. The van der Waals surface area contributed by atoms with Gasteiger partial charge in [-0.2, -0.15) is 5.10 Å². The van der Waals surface area contributed by atoms with Gasteiger partial charge in [-0.1, -0.05) is 78.3 Å². The fraction of sp³-hybridized carbons (Fsp3) is 0.0400. The van der Waals surface area contributed by atoms with Gasteiger partial charge in [0.1, 0.15) is 11.5 Å². The topological polar surface area (TPSA) is 74.8 Å². The molecule has 7 heteroatoms. The highest BCUT2D eigenvalue weighted by atomic mass is 79.9. The maximum absolute atomic E-state index is 13.0. The molecular weight excluding hydrogens is 492 g/mol. The van der Waals surface area contributed by atoms with Crippen LogP contribution in [0.5, 0.6) is 0 Å². The lowest BCUT2D eigenvalue weighted by atomic mass is 9.85. The first-order valence-electron chi connectivity index (χ1n) is 9.70. The van der Waals surface area contributed by atoms with Gasteiger partial charge in [0.25, 0.3) is 5.91 Å². The van der Waals surface area contributed by atoms with Crippen molar-refractivity contribution in [3.8, 4) is 11.3 Å². The van der Waals surface area contributed by atoms with Crippen LogP contribution >= 0.6 is 27.5 Å². The van der Waals surface area contributed by atoms with Crippen molar-refractivity contribution in [2.75, 3.05) is 0 Å². The van der Waals surface area contributed by atoms with Crippen LogP contribution < -0.4 is 5.43 Å². The molecule has 0 radical (unpaired) electrons. The van der Waals surface area contributed by atoms with Crippen LogP contribution in [0, 0.1) is 0 Å². The summed E-state index contributed by atoms with van der Waals surface area (Å²) in [5.74, 6) is 0.358. The Bertz CT molecular complexity index is 1220. The summed E-state index contributed by atoms with van der Waals surface area (Å²) >= 11 is 9.51. The molecule has 0 unspecified atom stereocenters. The Morgan fingerprint density at radius 3 is 2.19 bits per heavy atom. The molecular formula is C25H18BrClN2O3. The molecule has 1 heterocycles. The summed E-state index contributed by atoms with van der Waals surface area (Å²) in [4.78, 5) is 13.0. The van der Waals surface area contributed by atoms with Crippen molar-refractivity contribution in [3.63, 3.8) is 0 Å². The van der Waals surface area contributed by atoms with Crippen molar-refractivity contribution in [1.82, 2.24) is 5.43 Å². The van der Waals surface area contributed by atoms with Crippen molar-refractivity contribution < 1.29 is 14.3 Å². The number of carbonyl (C=O) groups is 1. The summed E-state index contributed by atoms with van der Waals surface area (Å²) in [5, 5.41) is 16.0. The van der Waals surface area contributed by atoms with Crippen LogP contribution in [-0.2, 0) is 10.4 Å². The fourth-order valence-corrected chi connectivity index (χ4v) is 3.68. The van der Waals surface area contributed by atoms with Gasteiger partial charge in [0.05, 0.1) is 11.2 Å². The van der Waals surface area contributed by atoms with Crippen LogP contribution in [-0.4, -0.2) is 17.2 Å². The fourth-order valence-electron chi connectivity index (χ4n) is 3.25. The van der Waals surface area contributed by atoms with E-state index in [1.54, 1.807) is 66.7 Å². The van der Waals surface area contributed by atoms with Crippen LogP contribution in [0.25, 0.3) is 11.3 Å². The second-order valence-corrected chi connectivity index (χ2v) is 8.23. The number of aliphatic hydroxyl groups is 1. The number of halogens is 2. The third-order valence-electron chi connectivity index (χ3n) is 4.90. The van der Waals surface area contributed by atoms with Crippen LogP contribution in [0.2, 0.25) is 5.02 Å². The van der Waals surface area contributed by atoms with Crippen molar-refractivity contribution in [1.29, 1.82) is 0 Å². The molecule has 1 aromatic heterocycles. The van der Waals surface area contributed by atoms with Gasteiger partial charge < -0.3 is 9.52 Å². The Balaban J connectivity index is 1.54. The minimum absolute atomic E-state index is 0.433. The quantitative estimate of drug-likeness (QED) is 0.257. The number of carbonyl (C=O) groups excluding carboxylic acids is 1. The van der Waals surface area contributed by atoms with Gasteiger partial charge in [-0.15, -0.1) is 0 Å². The molecule has 160 valence electrons. The Kier molecular flexibility index (Phi) is 6.55. The number of furan rings is 1. The highest BCUT2D eigenvalue weighted by Crippen LogP contribution is 2.31. The molecule has 32 heavy (non-hydrogen) atoms. The zero-order chi connectivity index (χ0) is 22.6. The monoisotopic (exact) mass is 508 g/mol. The highest BCUT2D eigenvalue weighted by Gasteiger charge is 2.39. The molecule has 0 bridgehead atoms. The molecule has 5 nitrogen and oxygen atoms in total. The van der Waals surface area contributed by atoms with Gasteiger partial charge in [0.15, 0.2) is 5.60 Å². The molecule has 0 aliphatic carbocycles. The summed E-state index contributed by atoms with van der Waals surface area (Å²) < 4.78 is 6.56. The summed E-state index contributed by atoms with van der Waals surface area (Å²) in [5.41, 5.74) is 2.21. The number of amides is 1. The van der Waals surface area contributed by atoms with Crippen LogP contribution in [0.15, 0.2) is 105 Å². The number of benzene rings is 3. The minimum atomic E-state index is -1.90. The Labute approximate surface area is 198 Å². The molecule has 0 spiro atoms. The van der Waals surface area contributed by atoms with Crippen molar-refractivity contribution in [3.05, 3.63) is 117 Å². The first kappa shape index (κ1) is 22.0. The second kappa shape index (κ2) is 9.53. The van der Waals surface area contributed by atoms with E-state index in [2.05, 4.69) is 26.5 Å². The molecule has 0 saturated heterocycles. The molecule has 1 amide bonds. The standard InChI is InChI=1S/C25H18BrClN2O3/c26-21-13-11-17(15-22(21)27)23-14-12-20(32-23)16-28-29-24(30)25(31,18-7-3-1-4-8-18)19-9-5-2-6-10-19/h1-16,31H,(H,29,30). The van der Waals surface area contributed by atoms with E-state index in [9.17, 15) is 9.90 Å². The normalized spacial score (nSPS) is 11.6.